The third-order valence-electron chi connectivity index (χ3n) is 3.80. The Bertz CT molecular complexity index is 250. The third-order valence-corrected chi connectivity index (χ3v) is 3.80. The van der Waals surface area contributed by atoms with Crippen LogP contribution in [0, 0.1) is 5.92 Å². The van der Waals surface area contributed by atoms with Gasteiger partial charge in [-0.15, -0.1) is 0 Å². The summed E-state index contributed by atoms with van der Waals surface area (Å²) in [6.45, 7) is 6.27. The van der Waals surface area contributed by atoms with E-state index in [1.165, 1.54) is 12.8 Å². The van der Waals surface area contributed by atoms with Gasteiger partial charge in [-0.05, 0) is 32.1 Å². The number of carbonyl (C=O) groups is 1. The van der Waals surface area contributed by atoms with Gasteiger partial charge in [0.25, 0.3) is 0 Å². The van der Waals surface area contributed by atoms with Gasteiger partial charge in [0.2, 0.25) is 5.91 Å². The van der Waals surface area contributed by atoms with Gasteiger partial charge in [0.05, 0.1) is 6.04 Å². The van der Waals surface area contributed by atoms with E-state index in [1.54, 1.807) is 0 Å². The molecular weight excluding hydrogens is 228 g/mol. The van der Waals surface area contributed by atoms with Crippen LogP contribution >= 0.6 is 0 Å². The second-order valence-corrected chi connectivity index (χ2v) is 5.74. The Kier molecular flexibility index (Phi) is 6.65. The highest BCUT2D eigenvalue weighted by Gasteiger charge is 2.23. The maximum absolute atomic E-state index is 12.0. The van der Waals surface area contributed by atoms with Crippen LogP contribution in [0.4, 0.5) is 0 Å². The van der Waals surface area contributed by atoms with E-state index in [-0.39, 0.29) is 24.6 Å². The summed E-state index contributed by atoms with van der Waals surface area (Å²) in [7, 11) is 0. The highest BCUT2D eigenvalue weighted by Crippen LogP contribution is 2.17. The van der Waals surface area contributed by atoms with Crippen LogP contribution < -0.4 is 10.6 Å². The Morgan fingerprint density at radius 3 is 2.39 bits per heavy atom. The quantitative estimate of drug-likeness (QED) is 0.646. The molecule has 2 unspecified atom stereocenters. The summed E-state index contributed by atoms with van der Waals surface area (Å²) in [5, 5.41) is 15.4. The fraction of sp³-hybridized carbons (Fsp3) is 0.929. The molecule has 18 heavy (non-hydrogen) atoms. The number of hydrogen-bond donors (Lipinski definition) is 3. The Labute approximate surface area is 111 Å². The fourth-order valence-electron chi connectivity index (χ4n) is 2.54. The second-order valence-electron chi connectivity index (χ2n) is 5.74. The summed E-state index contributed by atoms with van der Waals surface area (Å²) in [5.74, 6) is 0.504. The molecule has 0 spiro atoms. The number of carbonyl (C=O) groups excluding carboxylic acids is 1. The molecule has 1 amide bonds. The topological polar surface area (TPSA) is 61.4 Å². The second kappa shape index (κ2) is 7.74. The summed E-state index contributed by atoms with van der Waals surface area (Å²) in [4.78, 5) is 12.0. The van der Waals surface area contributed by atoms with Crippen LogP contribution in [0.15, 0.2) is 0 Å². The van der Waals surface area contributed by atoms with E-state index in [4.69, 9.17) is 5.11 Å². The highest BCUT2D eigenvalue weighted by atomic mass is 16.3. The minimum atomic E-state index is -0.190. The van der Waals surface area contributed by atoms with E-state index in [9.17, 15) is 4.79 Å². The van der Waals surface area contributed by atoms with E-state index in [2.05, 4.69) is 24.5 Å². The van der Waals surface area contributed by atoms with E-state index in [1.807, 2.05) is 6.92 Å². The van der Waals surface area contributed by atoms with Crippen molar-refractivity contribution in [3.05, 3.63) is 0 Å². The zero-order chi connectivity index (χ0) is 13.5. The first-order chi connectivity index (χ1) is 8.54. The zero-order valence-electron chi connectivity index (χ0n) is 11.9. The van der Waals surface area contributed by atoms with Crippen LogP contribution in [-0.2, 0) is 4.79 Å². The molecule has 0 bridgehead atoms. The average Bonchev–Trinajstić information content (AvgIpc) is 2.80. The lowest BCUT2D eigenvalue weighted by atomic mass is 10.0. The molecule has 0 heterocycles. The number of aliphatic hydroxyl groups is 1. The highest BCUT2D eigenvalue weighted by molar-refractivity contribution is 5.81. The van der Waals surface area contributed by atoms with Crippen molar-refractivity contribution in [1.82, 2.24) is 10.6 Å². The summed E-state index contributed by atoms with van der Waals surface area (Å²) in [6.07, 6.45) is 5.38. The molecule has 0 aromatic rings. The maximum atomic E-state index is 12.0. The van der Waals surface area contributed by atoms with Crippen LogP contribution in [-0.4, -0.2) is 35.7 Å². The molecule has 4 heteroatoms. The number of amides is 1. The van der Waals surface area contributed by atoms with Crippen molar-refractivity contribution in [2.75, 3.05) is 6.61 Å². The lowest BCUT2D eigenvalue weighted by Gasteiger charge is -2.26. The largest absolute Gasteiger partial charge is 0.396 e. The molecule has 1 saturated carbocycles. The smallest absolute Gasteiger partial charge is 0.237 e. The summed E-state index contributed by atoms with van der Waals surface area (Å²) >= 11 is 0. The molecule has 1 aliphatic rings. The first kappa shape index (κ1) is 15.4. The van der Waals surface area contributed by atoms with Gasteiger partial charge in [0, 0.05) is 18.7 Å². The molecule has 0 aromatic carbocycles. The third kappa shape index (κ3) is 4.94. The number of hydrogen-bond acceptors (Lipinski definition) is 3. The van der Waals surface area contributed by atoms with Gasteiger partial charge in [-0.3, -0.25) is 4.79 Å². The Balaban J connectivity index is 2.36. The first-order valence-corrected chi connectivity index (χ1v) is 7.22. The first-order valence-electron chi connectivity index (χ1n) is 7.22. The number of nitrogens with one attached hydrogen (secondary N) is 2. The molecule has 1 aliphatic carbocycles. The lowest BCUT2D eigenvalue weighted by Crippen LogP contribution is -2.50. The van der Waals surface area contributed by atoms with Gasteiger partial charge in [0.15, 0.2) is 0 Å². The Morgan fingerprint density at radius 2 is 1.89 bits per heavy atom. The average molecular weight is 256 g/mol. The van der Waals surface area contributed by atoms with E-state index in [0.717, 1.165) is 12.8 Å². The van der Waals surface area contributed by atoms with Crippen LogP contribution in [0.1, 0.15) is 52.9 Å². The van der Waals surface area contributed by atoms with Crippen molar-refractivity contribution < 1.29 is 9.90 Å². The Hall–Kier alpha value is -0.610. The fourth-order valence-corrected chi connectivity index (χ4v) is 2.54. The van der Waals surface area contributed by atoms with Crippen molar-refractivity contribution in [3.63, 3.8) is 0 Å². The van der Waals surface area contributed by atoms with Crippen LogP contribution in [0.25, 0.3) is 0 Å². The van der Waals surface area contributed by atoms with Crippen molar-refractivity contribution >= 4 is 5.91 Å². The van der Waals surface area contributed by atoms with Crippen molar-refractivity contribution in [2.24, 2.45) is 5.92 Å². The monoisotopic (exact) mass is 256 g/mol. The maximum Gasteiger partial charge on any atom is 0.237 e. The van der Waals surface area contributed by atoms with E-state index in [0.29, 0.717) is 18.4 Å². The van der Waals surface area contributed by atoms with Gasteiger partial charge in [-0.1, -0.05) is 26.7 Å². The number of rotatable bonds is 7. The van der Waals surface area contributed by atoms with Crippen molar-refractivity contribution in [2.45, 2.75) is 71.0 Å². The molecule has 1 rings (SSSR count). The molecular formula is C14H28N2O2. The minimum absolute atomic E-state index is 0.0884. The predicted octanol–water partition coefficient (Wildman–Crippen LogP) is 1.43. The van der Waals surface area contributed by atoms with Crippen LogP contribution in [0.2, 0.25) is 0 Å². The van der Waals surface area contributed by atoms with Crippen LogP contribution in [0.5, 0.6) is 0 Å². The van der Waals surface area contributed by atoms with E-state index < -0.39 is 0 Å². The molecule has 1 fully saturated rings. The van der Waals surface area contributed by atoms with Gasteiger partial charge in [-0.25, -0.2) is 0 Å². The molecule has 2 atom stereocenters. The number of aliphatic hydroxyl groups excluding tert-OH is 1. The lowest BCUT2D eigenvalue weighted by molar-refractivity contribution is -0.123. The molecule has 0 aliphatic heterocycles. The van der Waals surface area contributed by atoms with Gasteiger partial charge in [-0.2, -0.15) is 0 Å². The van der Waals surface area contributed by atoms with Crippen LogP contribution in [0.3, 0.4) is 0 Å². The van der Waals surface area contributed by atoms with Crippen molar-refractivity contribution in [3.8, 4) is 0 Å². The summed E-state index contributed by atoms with van der Waals surface area (Å²) < 4.78 is 0. The predicted molar refractivity (Wildman–Crippen MR) is 73.3 cm³/mol. The summed E-state index contributed by atoms with van der Waals surface area (Å²) in [6, 6.07) is 0.376. The summed E-state index contributed by atoms with van der Waals surface area (Å²) in [5.41, 5.74) is 0. The van der Waals surface area contributed by atoms with Crippen molar-refractivity contribution in [1.29, 1.82) is 0 Å². The normalized spacial score (nSPS) is 20.1. The molecule has 0 saturated heterocycles. The Morgan fingerprint density at radius 1 is 1.28 bits per heavy atom. The standard InChI is InChI=1S/C14H28N2O2/c1-10(2)13(8-9-17)15-11(3)14(18)16-12-6-4-5-7-12/h10-13,15,17H,4-9H2,1-3H3,(H,16,18). The van der Waals surface area contributed by atoms with Gasteiger partial charge in [0.1, 0.15) is 0 Å². The van der Waals surface area contributed by atoms with E-state index >= 15 is 0 Å². The molecule has 0 radical (unpaired) electrons. The molecule has 3 N–H and O–H groups in total. The minimum Gasteiger partial charge on any atom is -0.396 e. The van der Waals surface area contributed by atoms with Gasteiger partial charge < -0.3 is 15.7 Å². The molecule has 4 nitrogen and oxygen atoms in total. The van der Waals surface area contributed by atoms with Gasteiger partial charge >= 0.3 is 0 Å². The molecule has 0 aromatic heterocycles. The SMILES string of the molecule is CC(NC(CCO)C(C)C)C(=O)NC1CCCC1. The molecule has 106 valence electrons. The zero-order valence-corrected chi connectivity index (χ0v) is 11.9.